The Hall–Kier alpha value is -5.29. The highest BCUT2D eigenvalue weighted by Gasteiger charge is 2.15. The zero-order valence-electron chi connectivity index (χ0n) is 22.0. The minimum absolute atomic E-state index is 0.868. The number of aromatic nitrogens is 5. The Morgan fingerprint density at radius 3 is 2.23 bits per heavy atom. The first-order valence-corrected chi connectivity index (χ1v) is 13.6. The van der Waals surface area contributed by atoms with Crippen molar-refractivity contribution in [3.63, 3.8) is 0 Å². The molecule has 8 aromatic rings. The summed E-state index contributed by atoms with van der Waals surface area (Å²) < 4.78 is 4.35. The van der Waals surface area contributed by atoms with Crippen molar-refractivity contribution in [1.29, 1.82) is 0 Å². The fourth-order valence-corrected chi connectivity index (χ4v) is 5.83. The summed E-state index contributed by atoms with van der Waals surface area (Å²) in [5, 5.41) is 2.22. The molecule has 0 bridgehead atoms. The zero-order valence-corrected chi connectivity index (χ0v) is 22.0. The van der Waals surface area contributed by atoms with Crippen LogP contribution in [0, 0.1) is 0 Å². The third-order valence-corrected chi connectivity index (χ3v) is 7.74. The lowest BCUT2D eigenvalue weighted by atomic mass is 9.98. The Balaban J connectivity index is 1.23. The Morgan fingerprint density at radius 1 is 0.600 bits per heavy atom. The molecule has 4 aromatic carbocycles. The van der Waals surface area contributed by atoms with E-state index < -0.39 is 0 Å². The van der Waals surface area contributed by atoms with Crippen LogP contribution in [0.15, 0.2) is 121 Å². The summed E-state index contributed by atoms with van der Waals surface area (Å²) in [5.74, 6) is 0.999. The summed E-state index contributed by atoms with van der Waals surface area (Å²) >= 11 is 0. The second-order valence-electron chi connectivity index (χ2n) is 10.0. The number of fused-ring (bicyclic) bond motifs is 6. The second-order valence-corrected chi connectivity index (χ2v) is 10.0. The van der Waals surface area contributed by atoms with Gasteiger partial charge >= 0.3 is 0 Å². The van der Waals surface area contributed by atoms with E-state index in [4.69, 9.17) is 15.0 Å². The van der Waals surface area contributed by atoms with Gasteiger partial charge in [-0.25, -0.2) is 15.0 Å². The topological polar surface area (TPSA) is 48.0 Å². The van der Waals surface area contributed by atoms with Gasteiger partial charge in [-0.3, -0.25) is 4.40 Å². The minimum Gasteiger partial charge on any atom is -0.324 e. The van der Waals surface area contributed by atoms with E-state index in [-0.39, 0.29) is 0 Å². The van der Waals surface area contributed by atoms with Gasteiger partial charge < -0.3 is 4.57 Å². The molecule has 4 heterocycles. The van der Waals surface area contributed by atoms with Crippen molar-refractivity contribution in [3.05, 3.63) is 121 Å². The lowest BCUT2D eigenvalue weighted by Crippen LogP contribution is -1.97. The van der Waals surface area contributed by atoms with Gasteiger partial charge in [0.1, 0.15) is 17.0 Å². The molecule has 5 heteroatoms. The lowest BCUT2D eigenvalue weighted by Gasteiger charge is -2.10. The second kappa shape index (κ2) is 8.89. The zero-order chi connectivity index (χ0) is 26.6. The molecule has 0 fully saturated rings. The summed E-state index contributed by atoms with van der Waals surface area (Å²) in [6.07, 6.45) is 2.03. The minimum atomic E-state index is 0.868. The predicted octanol–water partition coefficient (Wildman–Crippen LogP) is 8.41. The van der Waals surface area contributed by atoms with Crippen LogP contribution in [-0.4, -0.2) is 23.9 Å². The van der Waals surface area contributed by atoms with Crippen molar-refractivity contribution >= 4 is 38.6 Å². The molecular weight excluding hydrogens is 490 g/mol. The molecule has 0 saturated carbocycles. The maximum atomic E-state index is 5.15. The molecule has 4 aromatic heterocycles. The van der Waals surface area contributed by atoms with E-state index in [0.29, 0.717) is 0 Å². The molecule has 0 amide bonds. The average molecular weight is 516 g/mol. The Labute approximate surface area is 231 Å². The van der Waals surface area contributed by atoms with Crippen molar-refractivity contribution in [2.24, 2.45) is 0 Å². The Bertz CT molecular complexity index is 2200. The summed E-state index contributed by atoms with van der Waals surface area (Å²) in [4.78, 5) is 15.0. The standard InChI is InChI=1S/C35H25N5/c1-2-39-30-15-6-5-14-29(30)36-34(39)26-11-9-10-25(22-26)23-17-19-24(20-18-23)32-27-12-3-4-13-28(27)33-35(38-32)40-21-8-7-16-31(40)37-33/h3-22H,2H2,1H3. The number of hydrogen-bond donors (Lipinski definition) is 0. The molecule has 0 aliphatic rings. The third-order valence-electron chi connectivity index (χ3n) is 7.74. The van der Waals surface area contributed by atoms with Crippen LogP contribution < -0.4 is 0 Å². The van der Waals surface area contributed by atoms with Gasteiger partial charge in [0.15, 0.2) is 5.65 Å². The fraction of sp³-hybridized carbons (Fsp3) is 0.0571. The first-order chi connectivity index (χ1) is 19.8. The number of imidazole rings is 2. The van der Waals surface area contributed by atoms with Crippen LogP contribution in [0.4, 0.5) is 0 Å². The molecule has 0 aliphatic heterocycles. The molecule has 0 unspecified atom stereocenters. The summed E-state index contributed by atoms with van der Waals surface area (Å²) in [7, 11) is 0. The summed E-state index contributed by atoms with van der Waals surface area (Å²) in [6, 6.07) is 40.2. The van der Waals surface area contributed by atoms with Crippen molar-refractivity contribution in [1.82, 2.24) is 23.9 Å². The van der Waals surface area contributed by atoms with Crippen molar-refractivity contribution in [3.8, 4) is 33.8 Å². The van der Waals surface area contributed by atoms with E-state index in [1.165, 1.54) is 0 Å². The normalized spacial score (nSPS) is 11.7. The molecule has 0 saturated heterocycles. The van der Waals surface area contributed by atoms with E-state index in [0.717, 1.165) is 78.9 Å². The quantitative estimate of drug-likeness (QED) is 0.236. The number of hydrogen-bond acceptors (Lipinski definition) is 3. The Kier molecular flexibility index (Phi) is 5.04. The van der Waals surface area contributed by atoms with Gasteiger partial charge in [-0.2, -0.15) is 0 Å². The van der Waals surface area contributed by atoms with Gasteiger partial charge in [0, 0.05) is 34.6 Å². The van der Waals surface area contributed by atoms with Gasteiger partial charge in [0.2, 0.25) is 0 Å². The SMILES string of the molecule is CCn1c(-c2cccc(-c3ccc(-c4nc5c(nc6ccccn65)c5ccccc45)cc3)c2)nc2ccccc21. The van der Waals surface area contributed by atoms with Crippen LogP contribution in [0.2, 0.25) is 0 Å². The monoisotopic (exact) mass is 515 g/mol. The van der Waals surface area contributed by atoms with Gasteiger partial charge in [0.05, 0.1) is 16.7 Å². The number of rotatable bonds is 4. The molecular formula is C35H25N5. The highest BCUT2D eigenvalue weighted by atomic mass is 15.1. The predicted molar refractivity (Wildman–Crippen MR) is 163 cm³/mol. The van der Waals surface area contributed by atoms with Crippen LogP contribution >= 0.6 is 0 Å². The molecule has 40 heavy (non-hydrogen) atoms. The number of para-hydroxylation sites is 2. The summed E-state index contributed by atoms with van der Waals surface area (Å²) in [6.45, 7) is 3.04. The van der Waals surface area contributed by atoms with E-state index in [1.807, 2.05) is 30.5 Å². The highest BCUT2D eigenvalue weighted by molar-refractivity contribution is 6.09. The molecule has 0 N–H and O–H groups in total. The molecule has 0 spiro atoms. The van der Waals surface area contributed by atoms with E-state index in [1.54, 1.807) is 0 Å². The van der Waals surface area contributed by atoms with E-state index >= 15 is 0 Å². The maximum Gasteiger partial charge on any atom is 0.165 e. The van der Waals surface area contributed by atoms with Crippen LogP contribution in [0.25, 0.3) is 72.4 Å². The van der Waals surface area contributed by atoms with E-state index in [9.17, 15) is 0 Å². The molecule has 190 valence electrons. The molecule has 0 radical (unpaired) electrons. The third kappa shape index (κ3) is 3.45. The Morgan fingerprint density at radius 2 is 1.35 bits per heavy atom. The van der Waals surface area contributed by atoms with Crippen LogP contribution in [0.1, 0.15) is 6.92 Å². The summed E-state index contributed by atoms with van der Waals surface area (Å²) in [5.41, 5.74) is 10.4. The largest absolute Gasteiger partial charge is 0.324 e. The van der Waals surface area contributed by atoms with Crippen LogP contribution in [-0.2, 0) is 6.54 Å². The first kappa shape index (κ1) is 22.7. The number of nitrogens with zero attached hydrogens (tertiary/aromatic N) is 5. The van der Waals surface area contributed by atoms with Gasteiger partial charge in [-0.05, 0) is 48.4 Å². The van der Waals surface area contributed by atoms with E-state index in [2.05, 4.69) is 107 Å². The smallest absolute Gasteiger partial charge is 0.165 e. The number of benzene rings is 4. The lowest BCUT2D eigenvalue weighted by molar-refractivity contribution is 0.796. The first-order valence-electron chi connectivity index (χ1n) is 13.6. The molecule has 8 rings (SSSR count). The maximum absolute atomic E-state index is 5.15. The van der Waals surface area contributed by atoms with Crippen molar-refractivity contribution < 1.29 is 0 Å². The average Bonchev–Trinajstić information content (AvgIpc) is 3.59. The van der Waals surface area contributed by atoms with Crippen molar-refractivity contribution in [2.45, 2.75) is 13.5 Å². The number of aryl methyl sites for hydroxylation is 1. The van der Waals surface area contributed by atoms with Crippen LogP contribution in [0.5, 0.6) is 0 Å². The molecule has 5 nitrogen and oxygen atoms in total. The number of pyridine rings is 2. The highest BCUT2D eigenvalue weighted by Crippen LogP contribution is 2.34. The van der Waals surface area contributed by atoms with Crippen LogP contribution in [0.3, 0.4) is 0 Å². The van der Waals surface area contributed by atoms with Crippen molar-refractivity contribution in [2.75, 3.05) is 0 Å². The molecule has 0 aliphatic carbocycles. The van der Waals surface area contributed by atoms with Gasteiger partial charge in [0.25, 0.3) is 0 Å². The van der Waals surface area contributed by atoms with Gasteiger partial charge in [-0.15, -0.1) is 0 Å². The fourth-order valence-electron chi connectivity index (χ4n) is 5.83. The van der Waals surface area contributed by atoms with Gasteiger partial charge in [-0.1, -0.05) is 84.9 Å². The molecule has 0 atom stereocenters.